The fourth-order valence-electron chi connectivity index (χ4n) is 3.13. The standard InChI is InChI=1S/C28H35N3O7/c1-5-15-36-25(33)18-29-24(32)17-30-26(34)23(31-27(35)37-19-21-9-7-6-8-10-21)16-20-11-13-22(14-12-20)38-28(2,3)4/h5-14,23H,1,15-19H2,2-4H3,(H,29,32)(H,30,34)(H,31,35)/t23-/m0/s1. The van der Waals surface area contributed by atoms with Crippen molar-refractivity contribution in [2.75, 3.05) is 19.7 Å². The van der Waals surface area contributed by atoms with Crippen LogP contribution in [-0.4, -0.2) is 55.2 Å². The zero-order chi connectivity index (χ0) is 28.0. The number of esters is 1. The molecule has 10 nitrogen and oxygen atoms in total. The van der Waals surface area contributed by atoms with E-state index in [0.29, 0.717) is 5.75 Å². The molecule has 0 heterocycles. The number of alkyl carbamates (subject to hydrolysis) is 1. The van der Waals surface area contributed by atoms with Gasteiger partial charge >= 0.3 is 12.1 Å². The molecule has 2 aromatic rings. The molecule has 0 aliphatic heterocycles. The molecule has 3 N–H and O–H groups in total. The summed E-state index contributed by atoms with van der Waals surface area (Å²) in [6, 6.07) is 15.2. The van der Waals surface area contributed by atoms with Gasteiger partial charge in [-0.2, -0.15) is 0 Å². The Morgan fingerprint density at radius 1 is 0.895 bits per heavy atom. The van der Waals surface area contributed by atoms with Gasteiger partial charge in [0, 0.05) is 6.42 Å². The zero-order valence-corrected chi connectivity index (χ0v) is 22.0. The molecule has 0 saturated carbocycles. The Hall–Kier alpha value is -4.34. The highest BCUT2D eigenvalue weighted by molar-refractivity contribution is 5.90. The van der Waals surface area contributed by atoms with Crippen LogP contribution < -0.4 is 20.7 Å². The Bertz CT molecular complexity index is 1080. The summed E-state index contributed by atoms with van der Waals surface area (Å²) in [4.78, 5) is 48.9. The number of carbonyl (C=O) groups excluding carboxylic acids is 4. The number of hydrogen-bond donors (Lipinski definition) is 3. The van der Waals surface area contributed by atoms with Gasteiger partial charge in [-0.1, -0.05) is 55.1 Å². The number of ether oxygens (including phenoxy) is 3. The lowest BCUT2D eigenvalue weighted by atomic mass is 10.0. The molecule has 0 radical (unpaired) electrons. The van der Waals surface area contributed by atoms with Crippen LogP contribution in [0.15, 0.2) is 67.3 Å². The zero-order valence-electron chi connectivity index (χ0n) is 22.0. The summed E-state index contributed by atoms with van der Waals surface area (Å²) in [5, 5.41) is 7.39. The van der Waals surface area contributed by atoms with Crippen LogP contribution in [-0.2, 0) is 36.9 Å². The van der Waals surface area contributed by atoms with Gasteiger partial charge in [0.2, 0.25) is 11.8 Å². The highest BCUT2D eigenvalue weighted by atomic mass is 16.5. The molecule has 0 fully saturated rings. The third-order valence-electron chi connectivity index (χ3n) is 4.82. The molecule has 0 aliphatic rings. The minimum absolute atomic E-state index is 0.0302. The van der Waals surface area contributed by atoms with Crippen molar-refractivity contribution in [3.05, 3.63) is 78.4 Å². The van der Waals surface area contributed by atoms with Crippen molar-refractivity contribution in [3.63, 3.8) is 0 Å². The molecule has 2 rings (SSSR count). The van der Waals surface area contributed by atoms with Crippen LogP contribution in [0.25, 0.3) is 0 Å². The SMILES string of the molecule is C=CCOC(=O)CNC(=O)CNC(=O)[C@H](Cc1ccc(OC(C)(C)C)cc1)NC(=O)OCc1ccccc1. The number of hydrogen-bond acceptors (Lipinski definition) is 7. The van der Waals surface area contributed by atoms with Gasteiger partial charge < -0.3 is 30.2 Å². The normalized spacial score (nSPS) is 11.4. The van der Waals surface area contributed by atoms with Crippen LogP contribution in [0.2, 0.25) is 0 Å². The molecule has 204 valence electrons. The van der Waals surface area contributed by atoms with E-state index in [-0.39, 0.29) is 31.8 Å². The van der Waals surface area contributed by atoms with Gasteiger partial charge in [0.1, 0.15) is 37.2 Å². The predicted octanol–water partition coefficient (Wildman–Crippen LogP) is 2.66. The van der Waals surface area contributed by atoms with E-state index < -0.39 is 36.5 Å². The highest BCUT2D eigenvalue weighted by Crippen LogP contribution is 2.19. The maximum atomic E-state index is 12.9. The van der Waals surface area contributed by atoms with Crippen LogP contribution in [0.3, 0.4) is 0 Å². The second-order valence-electron chi connectivity index (χ2n) is 9.29. The lowest BCUT2D eigenvalue weighted by molar-refractivity contribution is -0.142. The van der Waals surface area contributed by atoms with Gasteiger partial charge in [0.25, 0.3) is 0 Å². The Morgan fingerprint density at radius 3 is 2.21 bits per heavy atom. The fraction of sp³-hybridized carbons (Fsp3) is 0.357. The number of rotatable bonds is 13. The van der Waals surface area contributed by atoms with Crippen molar-refractivity contribution in [2.24, 2.45) is 0 Å². The first kappa shape index (κ1) is 29.9. The molecule has 0 spiro atoms. The van der Waals surface area contributed by atoms with Gasteiger partial charge in [0.05, 0.1) is 6.54 Å². The maximum Gasteiger partial charge on any atom is 0.408 e. The summed E-state index contributed by atoms with van der Waals surface area (Å²) >= 11 is 0. The molecule has 0 unspecified atom stereocenters. The lowest BCUT2D eigenvalue weighted by Crippen LogP contribution is -2.50. The average molecular weight is 526 g/mol. The molecule has 10 heteroatoms. The third kappa shape index (κ3) is 12.1. The highest BCUT2D eigenvalue weighted by Gasteiger charge is 2.23. The van der Waals surface area contributed by atoms with E-state index in [1.54, 1.807) is 24.3 Å². The molecule has 0 aliphatic carbocycles. The first-order chi connectivity index (χ1) is 18.1. The monoisotopic (exact) mass is 525 g/mol. The minimum atomic E-state index is -1.03. The van der Waals surface area contributed by atoms with Crippen molar-refractivity contribution < 1.29 is 33.4 Å². The Kier molecular flexibility index (Phi) is 11.8. The fourth-order valence-corrected chi connectivity index (χ4v) is 3.13. The third-order valence-corrected chi connectivity index (χ3v) is 4.82. The van der Waals surface area contributed by atoms with Gasteiger partial charge in [-0.25, -0.2) is 4.79 Å². The molecule has 0 aromatic heterocycles. The van der Waals surface area contributed by atoms with Crippen molar-refractivity contribution in [3.8, 4) is 5.75 Å². The average Bonchev–Trinajstić information content (AvgIpc) is 2.88. The van der Waals surface area contributed by atoms with Crippen LogP contribution in [0.5, 0.6) is 5.75 Å². The topological polar surface area (TPSA) is 132 Å². The smallest absolute Gasteiger partial charge is 0.408 e. The summed E-state index contributed by atoms with van der Waals surface area (Å²) in [5.74, 6) is -1.16. The quantitative estimate of drug-likeness (QED) is 0.271. The van der Waals surface area contributed by atoms with E-state index in [0.717, 1.165) is 11.1 Å². The molecular formula is C28H35N3O7. The van der Waals surface area contributed by atoms with Crippen molar-refractivity contribution in [1.29, 1.82) is 0 Å². The molecule has 38 heavy (non-hydrogen) atoms. The molecule has 1 atom stereocenters. The summed E-state index contributed by atoms with van der Waals surface area (Å²) < 4.78 is 15.9. The van der Waals surface area contributed by atoms with E-state index >= 15 is 0 Å². The first-order valence-electron chi connectivity index (χ1n) is 12.1. The molecular weight excluding hydrogens is 490 g/mol. The Morgan fingerprint density at radius 2 is 1.58 bits per heavy atom. The van der Waals surface area contributed by atoms with Crippen molar-refractivity contribution in [2.45, 2.75) is 45.4 Å². The van der Waals surface area contributed by atoms with E-state index in [4.69, 9.17) is 14.2 Å². The Balaban J connectivity index is 1.99. The molecule has 0 bridgehead atoms. The second-order valence-corrected chi connectivity index (χ2v) is 9.29. The van der Waals surface area contributed by atoms with E-state index in [1.807, 2.05) is 51.1 Å². The summed E-state index contributed by atoms with van der Waals surface area (Å²) in [6.07, 6.45) is 0.761. The first-order valence-corrected chi connectivity index (χ1v) is 12.1. The van der Waals surface area contributed by atoms with E-state index in [2.05, 4.69) is 22.5 Å². The summed E-state index contributed by atoms with van der Waals surface area (Å²) in [7, 11) is 0. The lowest BCUT2D eigenvalue weighted by Gasteiger charge is -2.22. The number of benzene rings is 2. The van der Waals surface area contributed by atoms with Crippen molar-refractivity contribution in [1.82, 2.24) is 16.0 Å². The van der Waals surface area contributed by atoms with Crippen LogP contribution in [0.1, 0.15) is 31.9 Å². The van der Waals surface area contributed by atoms with Crippen LogP contribution in [0, 0.1) is 0 Å². The van der Waals surface area contributed by atoms with Gasteiger partial charge in [0.15, 0.2) is 0 Å². The molecule has 3 amide bonds. The maximum absolute atomic E-state index is 12.9. The second kappa shape index (κ2) is 15.0. The summed E-state index contributed by atoms with van der Waals surface area (Å²) in [5.41, 5.74) is 1.18. The van der Waals surface area contributed by atoms with Crippen LogP contribution in [0.4, 0.5) is 4.79 Å². The van der Waals surface area contributed by atoms with Gasteiger partial charge in [-0.15, -0.1) is 0 Å². The van der Waals surface area contributed by atoms with Crippen molar-refractivity contribution >= 4 is 23.9 Å². The van der Waals surface area contributed by atoms with Gasteiger partial charge in [-0.05, 0) is 44.0 Å². The Labute approximate surface area is 222 Å². The number of nitrogens with one attached hydrogen (secondary N) is 3. The van der Waals surface area contributed by atoms with E-state index in [9.17, 15) is 19.2 Å². The largest absolute Gasteiger partial charge is 0.488 e. The predicted molar refractivity (Wildman–Crippen MR) is 141 cm³/mol. The van der Waals surface area contributed by atoms with Gasteiger partial charge in [-0.3, -0.25) is 14.4 Å². The number of carbonyl (C=O) groups is 4. The minimum Gasteiger partial charge on any atom is -0.488 e. The van der Waals surface area contributed by atoms with Crippen LogP contribution >= 0.6 is 0 Å². The molecule has 0 saturated heterocycles. The summed E-state index contributed by atoms with van der Waals surface area (Å²) in [6.45, 7) is 8.56. The van der Waals surface area contributed by atoms with E-state index in [1.165, 1.54) is 6.08 Å². The number of amides is 3. The molecule has 2 aromatic carbocycles.